The van der Waals surface area contributed by atoms with Crippen LogP contribution in [0.4, 0.5) is 0 Å². The van der Waals surface area contributed by atoms with E-state index in [0.29, 0.717) is 24.5 Å². The molecule has 0 saturated carbocycles. The first-order valence-corrected chi connectivity index (χ1v) is 9.70. The van der Waals surface area contributed by atoms with Crippen LogP contribution < -0.4 is 10.1 Å². The zero-order valence-corrected chi connectivity index (χ0v) is 14.9. The predicted molar refractivity (Wildman–Crippen MR) is 97.6 cm³/mol. The molecule has 2 aromatic rings. The molecule has 2 rings (SSSR count). The van der Waals surface area contributed by atoms with E-state index in [0.717, 1.165) is 23.3 Å². The largest absolute Gasteiger partial charge is 0.494 e. The molecule has 0 spiro atoms. The maximum Gasteiger partial charge on any atom is 0.251 e. The van der Waals surface area contributed by atoms with Crippen molar-refractivity contribution in [2.75, 3.05) is 12.9 Å². The van der Waals surface area contributed by atoms with Gasteiger partial charge in [-0.15, -0.1) is 0 Å². The molecule has 0 saturated heterocycles. The number of carbonyl (C=O) groups excluding carboxylic acids is 1. The number of hydrogen-bond acceptors (Lipinski definition) is 3. The van der Waals surface area contributed by atoms with Gasteiger partial charge in [0, 0.05) is 34.9 Å². The standard InChI is InChI=1S/C19H23NO3S/c1-3-11-23-18-9-7-15(8-10-18)13-20-19(21)17-6-4-5-16(12-17)14-24(2)22/h4-10,12H,3,11,13-14H2,1-2H3,(H,20,21)/t24-/m1/s1. The molecule has 0 aliphatic rings. The van der Waals surface area contributed by atoms with Crippen LogP contribution >= 0.6 is 0 Å². The monoisotopic (exact) mass is 345 g/mol. The fraction of sp³-hybridized carbons (Fsp3) is 0.316. The highest BCUT2D eigenvalue weighted by molar-refractivity contribution is 7.83. The number of nitrogens with one attached hydrogen (secondary N) is 1. The highest BCUT2D eigenvalue weighted by Crippen LogP contribution is 2.13. The fourth-order valence-corrected chi connectivity index (χ4v) is 2.89. The number of benzene rings is 2. The van der Waals surface area contributed by atoms with Gasteiger partial charge in [-0.3, -0.25) is 9.00 Å². The molecule has 1 atom stereocenters. The molecule has 0 heterocycles. The van der Waals surface area contributed by atoms with Crippen molar-refractivity contribution < 1.29 is 13.7 Å². The summed E-state index contributed by atoms with van der Waals surface area (Å²) in [7, 11) is -0.920. The van der Waals surface area contributed by atoms with Crippen molar-refractivity contribution in [3.05, 3.63) is 65.2 Å². The molecule has 4 nitrogen and oxygen atoms in total. The lowest BCUT2D eigenvalue weighted by Gasteiger charge is -2.08. The zero-order valence-electron chi connectivity index (χ0n) is 14.1. The van der Waals surface area contributed by atoms with E-state index >= 15 is 0 Å². The average molecular weight is 345 g/mol. The Kier molecular flexibility index (Phi) is 7.00. The Hall–Kier alpha value is -2.14. The van der Waals surface area contributed by atoms with E-state index in [9.17, 15) is 9.00 Å². The third kappa shape index (κ3) is 5.81. The molecular weight excluding hydrogens is 322 g/mol. The van der Waals surface area contributed by atoms with Gasteiger partial charge >= 0.3 is 0 Å². The first-order valence-electron chi connectivity index (χ1n) is 7.97. The molecule has 0 aliphatic carbocycles. The molecular formula is C19H23NO3S. The SMILES string of the molecule is CCCOc1ccc(CNC(=O)c2cccc(C[S@@](C)=O)c2)cc1. The Balaban J connectivity index is 1.91. The molecule has 1 amide bonds. The molecule has 0 bridgehead atoms. The topological polar surface area (TPSA) is 55.4 Å². The number of hydrogen-bond donors (Lipinski definition) is 1. The molecule has 0 aromatic heterocycles. The lowest BCUT2D eigenvalue weighted by Crippen LogP contribution is -2.22. The second-order valence-corrected chi connectivity index (χ2v) is 7.03. The van der Waals surface area contributed by atoms with Gasteiger partial charge in [0.1, 0.15) is 5.75 Å². The molecule has 0 aliphatic heterocycles. The van der Waals surface area contributed by atoms with E-state index in [4.69, 9.17) is 4.74 Å². The van der Waals surface area contributed by atoms with Gasteiger partial charge in [0.25, 0.3) is 5.91 Å². The van der Waals surface area contributed by atoms with Gasteiger partial charge in [-0.05, 0) is 41.8 Å². The highest BCUT2D eigenvalue weighted by Gasteiger charge is 2.07. The van der Waals surface area contributed by atoms with Crippen LogP contribution in [0.15, 0.2) is 48.5 Å². The third-order valence-corrected chi connectivity index (χ3v) is 4.15. The lowest BCUT2D eigenvalue weighted by molar-refractivity contribution is 0.0951. The van der Waals surface area contributed by atoms with Gasteiger partial charge in [0.05, 0.1) is 6.61 Å². The van der Waals surface area contributed by atoms with Gasteiger partial charge in [-0.2, -0.15) is 0 Å². The van der Waals surface area contributed by atoms with Crippen molar-refractivity contribution in [2.24, 2.45) is 0 Å². The van der Waals surface area contributed by atoms with E-state index in [1.54, 1.807) is 18.4 Å². The van der Waals surface area contributed by atoms with Crippen molar-refractivity contribution in [1.82, 2.24) is 5.32 Å². The van der Waals surface area contributed by atoms with Crippen LogP contribution in [-0.2, 0) is 23.1 Å². The molecule has 2 aromatic carbocycles. The number of carbonyl (C=O) groups is 1. The van der Waals surface area contributed by atoms with E-state index in [-0.39, 0.29) is 5.91 Å². The maximum atomic E-state index is 12.3. The molecule has 0 unspecified atom stereocenters. The Morgan fingerprint density at radius 3 is 2.54 bits per heavy atom. The molecule has 5 heteroatoms. The van der Waals surface area contributed by atoms with Gasteiger partial charge < -0.3 is 10.1 Å². The Labute approximate surface area is 145 Å². The van der Waals surface area contributed by atoms with Crippen LogP contribution in [0, 0.1) is 0 Å². The first kappa shape index (κ1) is 18.2. The molecule has 0 radical (unpaired) electrons. The van der Waals surface area contributed by atoms with Crippen molar-refractivity contribution in [3.63, 3.8) is 0 Å². The van der Waals surface area contributed by atoms with E-state index in [1.165, 1.54) is 0 Å². The van der Waals surface area contributed by atoms with Crippen LogP contribution in [0.2, 0.25) is 0 Å². The second-order valence-electron chi connectivity index (χ2n) is 5.59. The summed E-state index contributed by atoms with van der Waals surface area (Å²) in [6, 6.07) is 15.0. The number of ether oxygens (including phenoxy) is 1. The van der Waals surface area contributed by atoms with E-state index in [2.05, 4.69) is 12.2 Å². The Morgan fingerprint density at radius 1 is 1.12 bits per heavy atom. The minimum Gasteiger partial charge on any atom is -0.494 e. The summed E-state index contributed by atoms with van der Waals surface area (Å²) in [4.78, 5) is 12.3. The quantitative estimate of drug-likeness (QED) is 0.799. The van der Waals surface area contributed by atoms with Crippen LogP contribution in [-0.4, -0.2) is 23.0 Å². The normalized spacial score (nSPS) is 11.8. The summed E-state index contributed by atoms with van der Waals surface area (Å²) in [5.41, 5.74) is 2.50. The highest BCUT2D eigenvalue weighted by atomic mass is 32.2. The summed E-state index contributed by atoms with van der Waals surface area (Å²) in [5, 5.41) is 2.90. The fourth-order valence-electron chi connectivity index (χ4n) is 2.24. The lowest BCUT2D eigenvalue weighted by atomic mass is 10.1. The van der Waals surface area contributed by atoms with Crippen molar-refractivity contribution in [2.45, 2.75) is 25.6 Å². The van der Waals surface area contributed by atoms with E-state index in [1.807, 2.05) is 36.4 Å². The van der Waals surface area contributed by atoms with Crippen molar-refractivity contribution in [1.29, 1.82) is 0 Å². The Morgan fingerprint density at radius 2 is 1.88 bits per heavy atom. The first-order chi connectivity index (χ1) is 11.6. The summed E-state index contributed by atoms with van der Waals surface area (Å²) in [6.07, 6.45) is 2.63. The number of rotatable bonds is 8. The number of amides is 1. The molecule has 128 valence electrons. The average Bonchev–Trinajstić information content (AvgIpc) is 2.58. The van der Waals surface area contributed by atoms with Gasteiger partial charge in [-0.25, -0.2) is 0 Å². The van der Waals surface area contributed by atoms with Crippen molar-refractivity contribution in [3.8, 4) is 5.75 Å². The molecule has 24 heavy (non-hydrogen) atoms. The maximum absolute atomic E-state index is 12.3. The van der Waals surface area contributed by atoms with Gasteiger partial charge in [0.2, 0.25) is 0 Å². The van der Waals surface area contributed by atoms with Gasteiger partial charge in [0.15, 0.2) is 0 Å². The van der Waals surface area contributed by atoms with Crippen LogP contribution in [0.25, 0.3) is 0 Å². The summed E-state index contributed by atoms with van der Waals surface area (Å²) < 4.78 is 16.8. The predicted octanol–water partition coefficient (Wildman–Crippen LogP) is 3.28. The van der Waals surface area contributed by atoms with Crippen molar-refractivity contribution >= 4 is 16.7 Å². The van der Waals surface area contributed by atoms with E-state index < -0.39 is 10.8 Å². The minimum atomic E-state index is -0.920. The van der Waals surface area contributed by atoms with Crippen LogP contribution in [0.3, 0.4) is 0 Å². The Bertz CT molecular complexity index is 698. The van der Waals surface area contributed by atoms with Crippen LogP contribution in [0.1, 0.15) is 34.8 Å². The van der Waals surface area contributed by atoms with Gasteiger partial charge in [-0.1, -0.05) is 31.2 Å². The summed E-state index contributed by atoms with van der Waals surface area (Å²) >= 11 is 0. The van der Waals surface area contributed by atoms with Crippen LogP contribution in [0.5, 0.6) is 5.75 Å². The second kappa shape index (κ2) is 9.23. The zero-order chi connectivity index (χ0) is 17.4. The molecule has 1 N–H and O–H groups in total. The summed E-state index contributed by atoms with van der Waals surface area (Å²) in [6.45, 7) is 3.23. The minimum absolute atomic E-state index is 0.134. The summed E-state index contributed by atoms with van der Waals surface area (Å²) in [5.74, 6) is 1.16. The molecule has 0 fully saturated rings. The third-order valence-electron chi connectivity index (χ3n) is 3.41. The smallest absolute Gasteiger partial charge is 0.251 e.